The molecule has 0 atom stereocenters. The molecule has 0 saturated heterocycles. The lowest BCUT2D eigenvalue weighted by Gasteiger charge is -2.07. The fraction of sp³-hybridized carbons (Fsp3) is 0.250. The monoisotopic (exact) mass is 311 g/mol. The second-order valence-electron chi connectivity index (χ2n) is 5.39. The highest BCUT2D eigenvalue weighted by molar-refractivity contribution is 5.89. The van der Waals surface area contributed by atoms with E-state index in [9.17, 15) is 9.59 Å². The quantitative estimate of drug-likeness (QED) is 0.791. The van der Waals surface area contributed by atoms with Crippen LogP contribution in [0.5, 0.6) is 0 Å². The van der Waals surface area contributed by atoms with Gasteiger partial charge in [-0.05, 0) is 18.6 Å². The number of aromatic nitrogens is 4. The zero-order valence-corrected chi connectivity index (χ0v) is 13.0. The summed E-state index contributed by atoms with van der Waals surface area (Å²) in [5, 5.41) is 7.34. The number of amides is 1. The number of nitrogens with one attached hydrogen (secondary N) is 1. The van der Waals surface area contributed by atoms with Crippen LogP contribution in [0.25, 0.3) is 10.9 Å². The molecule has 0 aliphatic carbocycles. The van der Waals surface area contributed by atoms with Crippen LogP contribution in [0.1, 0.15) is 12.0 Å². The standard InChI is InChI=1S/C16H17N5O2/c1-11-4-3-5-12-15(11)17-10-21(16(12)23)9-7-14(22)18-13-6-8-20(2)19-13/h3-6,8,10H,7,9H2,1-2H3,(H,18,19,22). The van der Waals surface area contributed by atoms with Gasteiger partial charge in [-0.3, -0.25) is 18.8 Å². The number of carbonyl (C=O) groups excluding carboxylic acids is 1. The van der Waals surface area contributed by atoms with E-state index in [0.29, 0.717) is 16.7 Å². The van der Waals surface area contributed by atoms with Gasteiger partial charge in [0.15, 0.2) is 5.82 Å². The second kappa shape index (κ2) is 6.04. The third-order valence-corrected chi connectivity index (χ3v) is 3.62. The third kappa shape index (κ3) is 3.13. The zero-order chi connectivity index (χ0) is 16.4. The lowest BCUT2D eigenvalue weighted by Crippen LogP contribution is -2.24. The van der Waals surface area contributed by atoms with Crippen LogP contribution >= 0.6 is 0 Å². The van der Waals surface area contributed by atoms with Crippen molar-refractivity contribution in [2.45, 2.75) is 19.9 Å². The molecule has 2 heterocycles. The van der Waals surface area contributed by atoms with Gasteiger partial charge in [0, 0.05) is 32.3 Å². The van der Waals surface area contributed by atoms with Crippen molar-refractivity contribution in [2.24, 2.45) is 7.05 Å². The summed E-state index contributed by atoms with van der Waals surface area (Å²) in [5.74, 6) is 0.303. The van der Waals surface area contributed by atoms with Crippen LogP contribution in [0.3, 0.4) is 0 Å². The van der Waals surface area contributed by atoms with Gasteiger partial charge >= 0.3 is 0 Å². The molecule has 0 aliphatic rings. The summed E-state index contributed by atoms with van der Waals surface area (Å²) in [4.78, 5) is 28.7. The van der Waals surface area contributed by atoms with E-state index >= 15 is 0 Å². The topological polar surface area (TPSA) is 81.8 Å². The highest BCUT2D eigenvalue weighted by Crippen LogP contribution is 2.11. The van der Waals surface area contributed by atoms with Gasteiger partial charge in [0.2, 0.25) is 5.91 Å². The van der Waals surface area contributed by atoms with Crippen molar-refractivity contribution in [2.75, 3.05) is 5.32 Å². The number of nitrogens with zero attached hydrogens (tertiary/aromatic N) is 4. The van der Waals surface area contributed by atoms with Crippen molar-refractivity contribution in [1.29, 1.82) is 0 Å². The molecule has 7 nitrogen and oxygen atoms in total. The Balaban J connectivity index is 1.73. The van der Waals surface area contributed by atoms with Crippen molar-refractivity contribution in [3.8, 4) is 0 Å². The average molecular weight is 311 g/mol. The Kier molecular flexibility index (Phi) is 3.92. The smallest absolute Gasteiger partial charge is 0.261 e. The minimum absolute atomic E-state index is 0.135. The summed E-state index contributed by atoms with van der Waals surface area (Å²) in [7, 11) is 1.78. The van der Waals surface area contributed by atoms with Crippen LogP contribution in [-0.2, 0) is 18.4 Å². The Bertz CT molecular complexity index is 926. The highest BCUT2D eigenvalue weighted by Gasteiger charge is 2.08. The maximum atomic E-state index is 12.4. The highest BCUT2D eigenvalue weighted by atomic mass is 16.2. The van der Waals surface area contributed by atoms with Crippen molar-refractivity contribution in [3.63, 3.8) is 0 Å². The van der Waals surface area contributed by atoms with E-state index in [0.717, 1.165) is 5.56 Å². The van der Waals surface area contributed by atoms with Gasteiger partial charge in [-0.25, -0.2) is 4.98 Å². The molecular weight excluding hydrogens is 294 g/mol. The Hall–Kier alpha value is -2.96. The maximum absolute atomic E-state index is 12.4. The van der Waals surface area contributed by atoms with Gasteiger partial charge in [0.1, 0.15) is 0 Å². The molecule has 23 heavy (non-hydrogen) atoms. The number of fused-ring (bicyclic) bond motifs is 1. The van der Waals surface area contributed by atoms with E-state index in [2.05, 4.69) is 15.4 Å². The van der Waals surface area contributed by atoms with Gasteiger partial charge in [-0.2, -0.15) is 5.10 Å². The van der Waals surface area contributed by atoms with Gasteiger partial charge < -0.3 is 5.32 Å². The van der Waals surface area contributed by atoms with Gasteiger partial charge in [0.25, 0.3) is 5.56 Å². The summed E-state index contributed by atoms with van der Waals surface area (Å²) in [6, 6.07) is 7.21. The van der Waals surface area contributed by atoms with Crippen molar-refractivity contribution < 1.29 is 4.79 Å². The maximum Gasteiger partial charge on any atom is 0.261 e. The molecule has 1 N–H and O–H groups in total. The summed E-state index contributed by atoms with van der Waals surface area (Å²) >= 11 is 0. The number of para-hydroxylation sites is 1. The predicted octanol–water partition coefficient (Wildman–Crippen LogP) is 1.47. The molecule has 0 fully saturated rings. The van der Waals surface area contributed by atoms with Gasteiger partial charge in [-0.15, -0.1) is 0 Å². The summed E-state index contributed by atoms with van der Waals surface area (Å²) < 4.78 is 3.06. The second-order valence-corrected chi connectivity index (χ2v) is 5.39. The first kappa shape index (κ1) is 15.0. The van der Waals surface area contributed by atoms with Crippen LogP contribution in [0, 0.1) is 6.92 Å². The molecule has 0 bridgehead atoms. The van der Waals surface area contributed by atoms with E-state index in [1.54, 1.807) is 30.1 Å². The first-order valence-electron chi connectivity index (χ1n) is 7.29. The lowest BCUT2D eigenvalue weighted by molar-refractivity contribution is -0.116. The molecule has 0 saturated carbocycles. The molecule has 2 aromatic heterocycles. The molecule has 0 aliphatic heterocycles. The molecule has 118 valence electrons. The minimum Gasteiger partial charge on any atom is -0.309 e. The van der Waals surface area contributed by atoms with Crippen LogP contribution in [0.4, 0.5) is 5.82 Å². The fourth-order valence-electron chi connectivity index (χ4n) is 2.41. The third-order valence-electron chi connectivity index (χ3n) is 3.62. The van der Waals surface area contributed by atoms with Gasteiger partial charge in [0.05, 0.1) is 17.2 Å². The lowest BCUT2D eigenvalue weighted by atomic mass is 10.1. The molecule has 3 rings (SSSR count). The molecule has 7 heteroatoms. The Labute approximate surface area is 132 Å². The van der Waals surface area contributed by atoms with E-state index in [1.807, 2.05) is 19.1 Å². The van der Waals surface area contributed by atoms with E-state index in [1.165, 1.54) is 10.9 Å². The first-order chi connectivity index (χ1) is 11.0. The average Bonchev–Trinajstić information content (AvgIpc) is 2.92. The number of aryl methyl sites for hydroxylation is 3. The molecule has 0 spiro atoms. The molecule has 1 aromatic carbocycles. The number of anilines is 1. The number of hydrogen-bond donors (Lipinski definition) is 1. The molecule has 1 amide bonds. The molecule has 3 aromatic rings. The predicted molar refractivity (Wildman–Crippen MR) is 87.2 cm³/mol. The normalized spacial score (nSPS) is 10.9. The van der Waals surface area contributed by atoms with Gasteiger partial charge in [-0.1, -0.05) is 12.1 Å². The largest absolute Gasteiger partial charge is 0.309 e. The Morgan fingerprint density at radius 1 is 1.30 bits per heavy atom. The van der Waals surface area contributed by atoms with Crippen LogP contribution in [-0.4, -0.2) is 25.2 Å². The molecular formula is C16H17N5O2. The molecule has 0 radical (unpaired) electrons. The van der Waals surface area contributed by atoms with Crippen molar-refractivity contribution >= 4 is 22.6 Å². The fourth-order valence-corrected chi connectivity index (χ4v) is 2.41. The number of carbonyl (C=O) groups is 1. The number of rotatable bonds is 4. The minimum atomic E-state index is -0.195. The first-order valence-corrected chi connectivity index (χ1v) is 7.29. The van der Waals surface area contributed by atoms with Crippen LogP contribution in [0.2, 0.25) is 0 Å². The van der Waals surface area contributed by atoms with E-state index in [4.69, 9.17) is 0 Å². The summed E-state index contributed by atoms with van der Waals surface area (Å²) in [5.41, 5.74) is 1.52. The Morgan fingerprint density at radius 3 is 2.87 bits per heavy atom. The van der Waals surface area contributed by atoms with Crippen LogP contribution < -0.4 is 10.9 Å². The van der Waals surface area contributed by atoms with Crippen molar-refractivity contribution in [1.82, 2.24) is 19.3 Å². The Morgan fingerprint density at radius 2 is 2.13 bits per heavy atom. The zero-order valence-electron chi connectivity index (χ0n) is 13.0. The van der Waals surface area contributed by atoms with E-state index in [-0.39, 0.29) is 24.4 Å². The van der Waals surface area contributed by atoms with Crippen molar-refractivity contribution in [3.05, 3.63) is 52.7 Å². The molecule has 0 unspecified atom stereocenters. The summed E-state index contributed by atoms with van der Waals surface area (Å²) in [6.07, 6.45) is 3.41. The van der Waals surface area contributed by atoms with E-state index < -0.39 is 0 Å². The summed E-state index contributed by atoms with van der Waals surface area (Å²) in [6.45, 7) is 2.19. The number of hydrogen-bond acceptors (Lipinski definition) is 4. The van der Waals surface area contributed by atoms with Crippen LogP contribution in [0.15, 0.2) is 41.6 Å². The SMILES string of the molecule is Cc1cccc2c(=O)n(CCC(=O)Nc3ccn(C)n3)cnc12. The number of benzene rings is 1.